The molecule has 1 aliphatic heterocycles. The number of nitrogens with one attached hydrogen (secondary N) is 1. The van der Waals surface area contributed by atoms with E-state index in [4.69, 9.17) is 9.15 Å². The number of thioether (sulfide) groups is 1. The first-order chi connectivity index (χ1) is 10.4. The van der Waals surface area contributed by atoms with Crippen LogP contribution in [0.3, 0.4) is 0 Å². The maximum atomic E-state index is 11.2. The van der Waals surface area contributed by atoms with E-state index in [1.807, 2.05) is 14.1 Å². The predicted molar refractivity (Wildman–Crippen MR) is 83.6 cm³/mol. The van der Waals surface area contributed by atoms with Crippen LogP contribution in [-0.4, -0.2) is 63.9 Å². The molecule has 0 aliphatic carbocycles. The number of aromatic nitrogens is 2. The maximum absolute atomic E-state index is 11.2. The third kappa shape index (κ3) is 4.34. The van der Waals surface area contributed by atoms with Gasteiger partial charge in [-0.25, -0.2) is 4.72 Å². The third-order valence-electron chi connectivity index (χ3n) is 2.39. The summed E-state index contributed by atoms with van der Waals surface area (Å²) in [4.78, 5) is 5.84. The van der Waals surface area contributed by atoms with Gasteiger partial charge in [0.1, 0.15) is 0 Å². The van der Waals surface area contributed by atoms with Crippen LogP contribution in [0.1, 0.15) is 5.89 Å². The molecule has 1 aromatic heterocycles. The Kier molecular flexibility index (Phi) is 5.24. The molecule has 0 aromatic carbocycles. The van der Waals surface area contributed by atoms with Crippen molar-refractivity contribution >= 4 is 39.7 Å². The first kappa shape index (κ1) is 16.5. The van der Waals surface area contributed by atoms with Crippen molar-refractivity contribution in [2.75, 3.05) is 38.4 Å². The van der Waals surface area contributed by atoms with Gasteiger partial charge in [0, 0.05) is 19.8 Å². The van der Waals surface area contributed by atoms with Crippen molar-refractivity contribution in [1.29, 1.82) is 0 Å². The van der Waals surface area contributed by atoms with E-state index in [9.17, 15) is 8.42 Å². The Morgan fingerprint density at radius 1 is 1.41 bits per heavy atom. The van der Waals surface area contributed by atoms with Crippen LogP contribution in [0, 0.1) is 0 Å². The highest BCUT2D eigenvalue weighted by molar-refractivity contribution is 7.98. The second kappa shape index (κ2) is 6.96. The molecule has 0 radical (unpaired) electrons. The second-order valence-corrected chi connectivity index (χ2v) is 6.78. The maximum Gasteiger partial charge on any atom is 0.347 e. The van der Waals surface area contributed by atoms with Gasteiger partial charge in [-0.3, -0.25) is 4.99 Å². The predicted octanol–water partition coefficient (Wildman–Crippen LogP) is -0.340. The Morgan fingerprint density at radius 2 is 2.18 bits per heavy atom. The first-order valence-corrected chi connectivity index (χ1v) is 8.80. The summed E-state index contributed by atoms with van der Waals surface area (Å²) in [5.41, 5.74) is 0. The molecule has 0 unspecified atom stereocenters. The van der Waals surface area contributed by atoms with Crippen LogP contribution in [-0.2, 0) is 20.7 Å². The fourth-order valence-corrected chi connectivity index (χ4v) is 2.92. The van der Waals surface area contributed by atoms with Gasteiger partial charge in [-0.15, -0.1) is 9.50 Å². The van der Waals surface area contributed by atoms with Crippen LogP contribution in [0.5, 0.6) is 0 Å². The van der Waals surface area contributed by atoms with Crippen LogP contribution in [0.4, 0.5) is 6.01 Å². The minimum absolute atomic E-state index is 0.0301. The smallest absolute Gasteiger partial charge is 0.347 e. The summed E-state index contributed by atoms with van der Waals surface area (Å²) >= 11 is 1.54. The fourth-order valence-electron chi connectivity index (χ4n) is 1.44. The Labute approximate surface area is 132 Å². The number of rotatable bonds is 6. The van der Waals surface area contributed by atoms with Gasteiger partial charge in [0.05, 0.1) is 19.4 Å². The number of methoxy groups -OCH3 is 1. The zero-order valence-corrected chi connectivity index (χ0v) is 13.9. The zero-order valence-electron chi connectivity index (χ0n) is 12.3. The van der Waals surface area contributed by atoms with E-state index in [2.05, 4.69) is 24.3 Å². The summed E-state index contributed by atoms with van der Waals surface area (Å²) < 4.78 is 38.3. The average Bonchev–Trinajstić information content (AvgIpc) is 3.02. The van der Waals surface area contributed by atoms with E-state index in [1.165, 1.54) is 7.11 Å². The number of amidine groups is 1. The van der Waals surface area contributed by atoms with Crippen molar-refractivity contribution in [3.8, 4) is 0 Å². The summed E-state index contributed by atoms with van der Waals surface area (Å²) in [6, 6.07) is 0.456. The molecule has 1 N–H and O–H groups in total. The van der Waals surface area contributed by atoms with Crippen LogP contribution >= 0.6 is 11.8 Å². The number of ether oxygens (including phenoxy) is 1. The Hall–Kier alpha value is -1.82. The van der Waals surface area contributed by atoms with Crippen molar-refractivity contribution in [2.24, 2.45) is 9.39 Å². The number of nitrogens with zero attached hydrogens (tertiary/aromatic N) is 5. The Bertz CT molecular complexity index is 681. The van der Waals surface area contributed by atoms with Gasteiger partial charge in [0.2, 0.25) is 11.7 Å². The SMILES string of the molecule is COC1=NS(=O)(=O)NC1=NCCSCc1nnc(N(C)C)o1. The average molecular weight is 348 g/mol. The van der Waals surface area contributed by atoms with Gasteiger partial charge in [0.15, 0.2) is 0 Å². The summed E-state index contributed by atoms with van der Waals surface area (Å²) in [6.45, 7) is 0.402. The van der Waals surface area contributed by atoms with E-state index >= 15 is 0 Å². The van der Waals surface area contributed by atoms with E-state index in [0.29, 0.717) is 30.0 Å². The van der Waals surface area contributed by atoms with Gasteiger partial charge < -0.3 is 14.1 Å². The van der Waals surface area contributed by atoms with Gasteiger partial charge in [-0.05, 0) is 0 Å². The highest BCUT2D eigenvalue weighted by Gasteiger charge is 2.26. The molecule has 0 atom stereocenters. The standard InChI is InChI=1S/C10H16N6O4S2/c1-16(2)10-13-12-7(20-10)6-21-5-4-11-8-9(19-3)15-22(17,18)14-8/h4-6H2,1-3H3,(H,11,14). The van der Waals surface area contributed by atoms with Crippen LogP contribution < -0.4 is 9.62 Å². The number of aliphatic imine (C=N–C) groups is 1. The minimum atomic E-state index is -3.71. The Morgan fingerprint density at radius 3 is 2.82 bits per heavy atom. The molecule has 12 heteroatoms. The molecule has 0 saturated heterocycles. The lowest BCUT2D eigenvalue weighted by Gasteiger charge is -2.02. The number of anilines is 1. The van der Waals surface area contributed by atoms with Crippen LogP contribution in [0.15, 0.2) is 13.8 Å². The lowest BCUT2D eigenvalue weighted by Crippen LogP contribution is -2.27. The topological polar surface area (TPSA) is 122 Å². The molecular formula is C10H16N6O4S2. The van der Waals surface area contributed by atoms with Gasteiger partial charge in [0.25, 0.3) is 5.90 Å². The molecule has 2 heterocycles. The van der Waals surface area contributed by atoms with E-state index < -0.39 is 10.2 Å². The van der Waals surface area contributed by atoms with Crippen molar-refractivity contribution < 1.29 is 17.6 Å². The largest absolute Gasteiger partial charge is 0.478 e. The van der Waals surface area contributed by atoms with Gasteiger partial charge in [-0.2, -0.15) is 20.2 Å². The van der Waals surface area contributed by atoms with Crippen molar-refractivity contribution in [2.45, 2.75) is 5.75 Å². The summed E-state index contributed by atoms with van der Waals surface area (Å²) in [6.07, 6.45) is 0. The molecule has 22 heavy (non-hydrogen) atoms. The van der Waals surface area contributed by atoms with E-state index in [-0.39, 0.29) is 11.7 Å². The summed E-state index contributed by atoms with van der Waals surface area (Å²) in [5.74, 6) is 1.83. The lowest BCUT2D eigenvalue weighted by atomic mass is 10.6. The number of hydrogen-bond donors (Lipinski definition) is 1. The molecule has 0 spiro atoms. The quantitative estimate of drug-likeness (QED) is 0.693. The second-order valence-electron chi connectivity index (χ2n) is 4.33. The van der Waals surface area contributed by atoms with Crippen molar-refractivity contribution in [3.05, 3.63) is 5.89 Å². The highest BCUT2D eigenvalue weighted by Crippen LogP contribution is 2.14. The molecule has 0 amide bonds. The monoisotopic (exact) mass is 348 g/mol. The molecule has 1 aromatic rings. The van der Waals surface area contributed by atoms with Gasteiger partial charge in [-0.1, -0.05) is 5.10 Å². The third-order valence-corrected chi connectivity index (χ3v) is 4.17. The lowest BCUT2D eigenvalue weighted by molar-refractivity contribution is 0.412. The molecule has 122 valence electrons. The molecule has 10 nitrogen and oxygen atoms in total. The van der Waals surface area contributed by atoms with Crippen molar-refractivity contribution in [1.82, 2.24) is 14.9 Å². The normalized spacial score (nSPS) is 18.1. The first-order valence-electron chi connectivity index (χ1n) is 6.20. The van der Waals surface area contributed by atoms with Gasteiger partial charge >= 0.3 is 16.2 Å². The van der Waals surface area contributed by atoms with Crippen LogP contribution in [0.25, 0.3) is 0 Å². The van der Waals surface area contributed by atoms with Crippen LogP contribution in [0.2, 0.25) is 0 Å². The molecule has 1 aliphatic rings. The molecular weight excluding hydrogens is 332 g/mol. The summed E-state index contributed by atoms with van der Waals surface area (Å²) in [7, 11) is 1.26. The fraction of sp³-hybridized carbons (Fsp3) is 0.600. The molecule has 0 bridgehead atoms. The Balaban J connectivity index is 1.77. The minimum Gasteiger partial charge on any atom is -0.478 e. The highest BCUT2D eigenvalue weighted by atomic mass is 32.2. The van der Waals surface area contributed by atoms with E-state index in [0.717, 1.165) is 0 Å². The zero-order chi connectivity index (χ0) is 16.2. The number of hydrogen-bond acceptors (Lipinski definition) is 9. The van der Waals surface area contributed by atoms with Crippen molar-refractivity contribution in [3.63, 3.8) is 0 Å². The van der Waals surface area contributed by atoms with E-state index in [1.54, 1.807) is 16.7 Å². The molecule has 2 rings (SSSR count). The summed E-state index contributed by atoms with van der Waals surface area (Å²) in [5, 5.41) is 7.79. The molecule has 0 fully saturated rings. The molecule has 0 saturated carbocycles.